The predicted molar refractivity (Wildman–Crippen MR) is 78.0 cm³/mol. The summed E-state index contributed by atoms with van der Waals surface area (Å²) in [5, 5.41) is 2.79. The number of nitrogens with zero attached hydrogens (tertiary/aromatic N) is 1. The average Bonchev–Trinajstić information content (AvgIpc) is 2.95. The Hall–Kier alpha value is -2.10. The SMILES string of the molecule is C=CC(=O)NCC1CCN(C(=O)Cc2ccccc2)C1. The van der Waals surface area contributed by atoms with Crippen molar-refractivity contribution in [3.63, 3.8) is 0 Å². The summed E-state index contributed by atoms with van der Waals surface area (Å²) in [6, 6.07) is 9.77. The molecule has 1 aromatic carbocycles. The van der Waals surface area contributed by atoms with Crippen molar-refractivity contribution in [2.75, 3.05) is 19.6 Å². The number of carbonyl (C=O) groups excluding carboxylic acids is 2. The molecule has 0 saturated carbocycles. The van der Waals surface area contributed by atoms with Crippen LogP contribution in [-0.2, 0) is 16.0 Å². The Morgan fingerprint density at radius 3 is 2.80 bits per heavy atom. The molecule has 1 atom stereocenters. The number of nitrogens with one attached hydrogen (secondary N) is 1. The van der Waals surface area contributed by atoms with E-state index in [1.54, 1.807) is 0 Å². The molecule has 1 unspecified atom stereocenters. The molecule has 1 heterocycles. The first kappa shape index (κ1) is 14.3. The van der Waals surface area contributed by atoms with Crippen LogP contribution >= 0.6 is 0 Å². The van der Waals surface area contributed by atoms with Crippen molar-refractivity contribution >= 4 is 11.8 Å². The van der Waals surface area contributed by atoms with E-state index in [0.29, 0.717) is 18.9 Å². The highest BCUT2D eigenvalue weighted by Crippen LogP contribution is 2.16. The van der Waals surface area contributed by atoms with Gasteiger partial charge in [0.25, 0.3) is 0 Å². The summed E-state index contributed by atoms with van der Waals surface area (Å²) < 4.78 is 0. The molecular weight excluding hydrogens is 252 g/mol. The topological polar surface area (TPSA) is 49.4 Å². The second-order valence-corrected chi connectivity index (χ2v) is 5.11. The Bertz CT molecular complexity index is 485. The van der Waals surface area contributed by atoms with Crippen molar-refractivity contribution in [2.24, 2.45) is 5.92 Å². The molecule has 1 saturated heterocycles. The zero-order valence-corrected chi connectivity index (χ0v) is 11.5. The summed E-state index contributed by atoms with van der Waals surface area (Å²) in [5.74, 6) is 0.353. The summed E-state index contributed by atoms with van der Waals surface area (Å²) in [5.41, 5.74) is 1.04. The average molecular weight is 272 g/mol. The number of likely N-dealkylation sites (tertiary alicyclic amines) is 1. The number of carbonyl (C=O) groups is 2. The van der Waals surface area contributed by atoms with Crippen LogP contribution in [0, 0.1) is 5.92 Å². The van der Waals surface area contributed by atoms with Crippen LogP contribution in [0.5, 0.6) is 0 Å². The third kappa shape index (κ3) is 3.95. The van der Waals surface area contributed by atoms with Crippen LogP contribution in [0.4, 0.5) is 0 Å². The fourth-order valence-electron chi connectivity index (χ4n) is 2.43. The van der Waals surface area contributed by atoms with Crippen LogP contribution in [0.25, 0.3) is 0 Å². The van der Waals surface area contributed by atoms with Gasteiger partial charge in [0.15, 0.2) is 0 Å². The van der Waals surface area contributed by atoms with Crippen LogP contribution in [0.3, 0.4) is 0 Å². The number of benzene rings is 1. The third-order valence-electron chi connectivity index (χ3n) is 3.59. The predicted octanol–water partition coefficient (Wildman–Crippen LogP) is 1.38. The molecule has 20 heavy (non-hydrogen) atoms. The Morgan fingerprint density at radius 2 is 2.10 bits per heavy atom. The van der Waals surface area contributed by atoms with E-state index in [9.17, 15) is 9.59 Å². The van der Waals surface area contributed by atoms with Gasteiger partial charge in [0.05, 0.1) is 6.42 Å². The third-order valence-corrected chi connectivity index (χ3v) is 3.59. The van der Waals surface area contributed by atoms with Gasteiger partial charge in [-0.05, 0) is 24.0 Å². The summed E-state index contributed by atoms with van der Waals surface area (Å²) in [4.78, 5) is 25.2. The van der Waals surface area contributed by atoms with E-state index in [0.717, 1.165) is 25.1 Å². The van der Waals surface area contributed by atoms with Gasteiger partial charge in [-0.3, -0.25) is 9.59 Å². The maximum atomic E-state index is 12.2. The quantitative estimate of drug-likeness (QED) is 0.823. The molecule has 0 radical (unpaired) electrons. The van der Waals surface area contributed by atoms with E-state index in [-0.39, 0.29) is 11.8 Å². The van der Waals surface area contributed by atoms with Crippen LogP contribution in [0.15, 0.2) is 43.0 Å². The summed E-state index contributed by atoms with van der Waals surface area (Å²) in [7, 11) is 0. The molecule has 2 rings (SSSR count). The van der Waals surface area contributed by atoms with Gasteiger partial charge in [0.2, 0.25) is 11.8 Å². The highest BCUT2D eigenvalue weighted by Gasteiger charge is 2.26. The van der Waals surface area contributed by atoms with Crippen molar-refractivity contribution in [3.05, 3.63) is 48.6 Å². The maximum absolute atomic E-state index is 12.2. The molecule has 0 bridgehead atoms. The van der Waals surface area contributed by atoms with E-state index in [4.69, 9.17) is 0 Å². The van der Waals surface area contributed by atoms with Gasteiger partial charge < -0.3 is 10.2 Å². The molecule has 0 spiro atoms. The second kappa shape index (κ2) is 6.89. The largest absolute Gasteiger partial charge is 0.352 e. The zero-order chi connectivity index (χ0) is 14.4. The zero-order valence-electron chi connectivity index (χ0n) is 11.5. The lowest BCUT2D eigenvalue weighted by molar-refractivity contribution is -0.129. The number of rotatable bonds is 5. The van der Waals surface area contributed by atoms with Crippen LogP contribution in [0.2, 0.25) is 0 Å². The molecule has 1 fully saturated rings. The van der Waals surface area contributed by atoms with Crippen molar-refractivity contribution < 1.29 is 9.59 Å². The molecule has 2 amide bonds. The smallest absolute Gasteiger partial charge is 0.243 e. The Labute approximate surface area is 119 Å². The standard InChI is InChI=1S/C16H20N2O2/c1-2-15(19)17-11-14-8-9-18(12-14)16(20)10-13-6-4-3-5-7-13/h2-7,14H,1,8-12H2,(H,17,19). The van der Waals surface area contributed by atoms with Crippen LogP contribution in [0.1, 0.15) is 12.0 Å². The first-order chi connectivity index (χ1) is 9.69. The Morgan fingerprint density at radius 1 is 1.35 bits per heavy atom. The summed E-state index contributed by atoms with van der Waals surface area (Å²) in [6.45, 7) is 5.53. The van der Waals surface area contributed by atoms with E-state index < -0.39 is 0 Å². The normalized spacial score (nSPS) is 17.8. The summed E-state index contributed by atoms with van der Waals surface area (Å²) >= 11 is 0. The second-order valence-electron chi connectivity index (χ2n) is 5.11. The number of hydrogen-bond acceptors (Lipinski definition) is 2. The van der Waals surface area contributed by atoms with E-state index in [1.807, 2.05) is 35.2 Å². The van der Waals surface area contributed by atoms with Gasteiger partial charge in [-0.1, -0.05) is 36.9 Å². The fraction of sp³-hybridized carbons (Fsp3) is 0.375. The van der Waals surface area contributed by atoms with Crippen molar-refractivity contribution in [1.29, 1.82) is 0 Å². The molecule has 106 valence electrons. The molecule has 0 aliphatic carbocycles. The van der Waals surface area contributed by atoms with E-state index in [1.165, 1.54) is 6.08 Å². The highest BCUT2D eigenvalue weighted by molar-refractivity contribution is 5.86. The minimum Gasteiger partial charge on any atom is -0.352 e. The lowest BCUT2D eigenvalue weighted by Gasteiger charge is -2.16. The minimum absolute atomic E-state index is 0.154. The van der Waals surface area contributed by atoms with Crippen LogP contribution < -0.4 is 5.32 Å². The van der Waals surface area contributed by atoms with Gasteiger partial charge in [-0.15, -0.1) is 0 Å². The number of hydrogen-bond donors (Lipinski definition) is 1. The van der Waals surface area contributed by atoms with Crippen LogP contribution in [-0.4, -0.2) is 36.3 Å². The highest BCUT2D eigenvalue weighted by atomic mass is 16.2. The van der Waals surface area contributed by atoms with E-state index >= 15 is 0 Å². The van der Waals surface area contributed by atoms with Gasteiger partial charge in [-0.25, -0.2) is 0 Å². The lowest BCUT2D eigenvalue weighted by atomic mass is 10.1. The molecule has 1 aliphatic rings. The maximum Gasteiger partial charge on any atom is 0.243 e. The number of amides is 2. The van der Waals surface area contributed by atoms with Crippen molar-refractivity contribution in [1.82, 2.24) is 10.2 Å². The van der Waals surface area contributed by atoms with Gasteiger partial charge in [0.1, 0.15) is 0 Å². The van der Waals surface area contributed by atoms with Gasteiger partial charge in [0, 0.05) is 19.6 Å². The Kier molecular flexibility index (Phi) is 4.93. The fourth-order valence-corrected chi connectivity index (χ4v) is 2.43. The molecule has 4 nitrogen and oxygen atoms in total. The molecule has 1 N–H and O–H groups in total. The molecule has 4 heteroatoms. The molecular formula is C16H20N2O2. The van der Waals surface area contributed by atoms with Crippen molar-refractivity contribution in [3.8, 4) is 0 Å². The molecule has 0 aromatic heterocycles. The van der Waals surface area contributed by atoms with Crippen molar-refractivity contribution in [2.45, 2.75) is 12.8 Å². The monoisotopic (exact) mass is 272 g/mol. The molecule has 1 aliphatic heterocycles. The first-order valence-corrected chi connectivity index (χ1v) is 6.91. The summed E-state index contributed by atoms with van der Waals surface area (Å²) in [6.07, 6.45) is 2.66. The lowest BCUT2D eigenvalue weighted by Crippen LogP contribution is -2.33. The molecule has 1 aromatic rings. The Balaban J connectivity index is 1.79. The first-order valence-electron chi connectivity index (χ1n) is 6.91. The minimum atomic E-state index is -0.154. The van der Waals surface area contributed by atoms with Gasteiger partial charge >= 0.3 is 0 Å². The van der Waals surface area contributed by atoms with Gasteiger partial charge in [-0.2, -0.15) is 0 Å². The van der Waals surface area contributed by atoms with E-state index in [2.05, 4.69) is 11.9 Å².